The fraction of sp³-hybridized carbons (Fsp3) is 0.500. The molecule has 0 bridgehead atoms. The molecule has 8 heteroatoms. The average Bonchev–Trinajstić information content (AvgIpc) is 3.47. The van der Waals surface area contributed by atoms with Crippen LogP contribution in [0.1, 0.15) is 31.4 Å². The third kappa shape index (κ3) is 3.26. The first kappa shape index (κ1) is 17.6. The van der Waals surface area contributed by atoms with Crippen molar-refractivity contribution in [1.29, 1.82) is 0 Å². The Morgan fingerprint density at radius 1 is 1.14 bits per heavy atom. The number of carbonyl (C=O) groups is 1. The number of rotatable bonds is 3. The average molecular weight is 397 g/mol. The van der Waals surface area contributed by atoms with Crippen molar-refractivity contribution >= 4 is 34.2 Å². The highest BCUT2D eigenvalue weighted by Gasteiger charge is 2.31. The molecule has 5 heterocycles. The lowest BCUT2D eigenvalue weighted by molar-refractivity contribution is -0.134. The van der Waals surface area contributed by atoms with E-state index in [0.717, 1.165) is 85.4 Å². The second-order valence-corrected chi connectivity index (χ2v) is 8.59. The van der Waals surface area contributed by atoms with Crippen molar-refractivity contribution in [2.75, 3.05) is 31.1 Å². The summed E-state index contributed by atoms with van der Waals surface area (Å²) in [6, 6.07) is 4.02. The molecular formula is C20H24N6OS. The molecule has 2 aliphatic heterocycles. The molecule has 2 saturated heterocycles. The van der Waals surface area contributed by atoms with Crippen molar-refractivity contribution in [1.82, 2.24) is 24.8 Å². The Morgan fingerprint density at radius 2 is 2.00 bits per heavy atom. The lowest BCUT2D eigenvalue weighted by Gasteiger charge is -2.34. The summed E-state index contributed by atoms with van der Waals surface area (Å²) in [5, 5.41) is 2.90. The number of aromatic nitrogens is 4. The number of pyridine rings is 1. The highest BCUT2D eigenvalue weighted by atomic mass is 32.1. The number of nitrogens with one attached hydrogen (secondary N) is 1. The van der Waals surface area contributed by atoms with Gasteiger partial charge in [0.15, 0.2) is 16.5 Å². The summed E-state index contributed by atoms with van der Waals surface area (Å²) in [5.74, 6) is 2.08. The Bertz CT molecular complexity index is 1010. The number of nitrogens with zero attached hydrogens (tertiary/aromatic N) is 5. The van der Waals surface area contributed by atoms with Gasteiger partial charge in [0.25, 0.3) is 0 Å². The Morgan fingerprint density at radius 3 is 2.79 bits per heavy atom. The number of hydrogen-bond acceptors (Lipinski definition) is 6. The predicted octanol–water partition coefficient (Wildman–Crippen LogP) is 3.23. The lowest BCUT2D eigenvalue weighted by Crippen LogP contribution is -2.44. The van der Waals surface area contributed by atoms with E-state index in [1.807, 2.05) is 29.3 Å². The van der Waals surface area contributed by atoms with Crippen LogP contribution in [-0.4, -0.2) is 56.9 Å². The van der Waals surface area contributed by atoms with Crippen molar-refractivity contribution in [2.24, 2.45) is 5.92 Å². The zero-order chi connectivity index (χ0) is 19.1. The smallest absolute Gasteiger partial charge is 0.227 e. The number of aromatic amines is 1. The molecule has 1 atom stereocenters. The molecule has 146 valence electrons. The predicted molar refractivity (Wildman–Crippen MR) is 110 cm³/mol. The van der Waals surface area contributed by atoms with E-state index in [0.29, 0.717) is 5.91 Å². The first-order chi connectivity index (χ1) is 13.7. The second-order valence-electron chi connectivity index (χ2n) is 7.73. The van der Waals surface area contributed by atoms with Gasteiger partial charge in [0.2, 0.25) is 5.91 Å². The highest BCUT2D eigenvalue weighted by molar-refractivity contribution is 7.13. The molecule has 2 aliphatic rings. The van der Waals surface area contributed by atoms with Crippen LogP contribution >= 0.6 is 11.3 Å². The first-order valence-corrected chi connectivity index (χ1v) is 10.9. The van der Waals surface area contributed by atoms with Gasteiger partial charge in [0, 0.05) is 37.3 Å². The van der Waals surface area contributed by atoms with Crippen LogP contribution in [0.3, 0.4) is 0 Å². The fourth-order valence-corrected chi connectivity index (χ4v) is 4.95. The molecule has 28 heavy (non-hydrogen) atoms. The first-order valence-electron chi connectivity index (χ1n) is 10.0. The van der Waals surface area contributed by atoms with Gasteiger partial charge in [-0.25, -0.2) is 15.0 Å². The fourth-order valence-electron chi connectivity index (χ4n) is 4.21. The molecule has 0 saturated carbocycles. The van der Waals surface area contributed by atoms with Gasteiger partial charge in [-0.2, -0.15) is 0 Å². The number of anilines is 1. The summed E-state index contributed by atoms with van der Waals surface area (Å²) in [5.41, 5.74) is 2.61. The number of carbonyl (C=O) groups excluding carboxylic acids is 1. The number of amides is 1. The maximum absolute atomic E-state index is 12.8. The van der Waals surface area contributed by atoms with Crippen LogP contribution in [0, 0.1) is 12.8 Å². The molecule has 0 spiro atoms. The summed E-state index contributed by atoms with van der Waals surface area (Å²) < 4.78 is 0. The molecule has 1 amide bonds. The van der Waals surface area contributed by atoms with E-state index in [9.17, 15) is 4.79 Å². The minimum absolute atomic E-state index is 0.0833. The SMILES string of the molecule is Cc1csc(-c2nc3ccc(N4CCCC(C(=O)N5CCCC5)C4)nc3[nH]2)n1. The summed E-state index contributed by atoms with van der Waals surface area (Å²) >= 11 is 1.58. The van der Waals surface area contributed by atoms with Crippen molar-refractivity contribution in [3.05, 3.63) is 23.2 Å². The Kier molecular flexibility index (Phi) is 4.50. The minimum atomic E-state index is 0.0833. The van der Waals surface area contributed by atoms with Crippen molar-refractivity contribution in [3.8, 4) is 10.8 Å². The van der Waals surface area contributed by atoms with Gasteiger partial charge in [-0.1, -0.05) is 0 Å². The number of hydrogen-bond donors (Lipinski definition) is 1. The topological polar surface area (TPSA) is 78.0 Å². The highest BCUT2D eigenvalue weighted by Crippen LogP contribution is 2.27. The second kappa shape index (κ2) is 7.16. The van der Waals surface area contributed by atoms with Gasteiger partial charge in [0.1, 0.15) is 11.3 Å². The molecule has 3 aromatic rings. The van der Waals surface area contributed by atoms with Crippen molar-refractivity contribution in [3.63, 3.8) is 0 Å². The van der Waals surface area contributed by atoms with Gasteiger partial charge in [-0.3, -0.25) is 4.79 Å². The zero-order valence-electron chi connectivity index (χ0n) is 16.0. The largest absolute Gasteiger partial charge is 0.356 e. The van der Waals surface area contributed by atoms with Gasteiger partial charge >= 0.3 is 0 Å². The molecule has 0 aromatic carbocycles. The van der Waals surface area contributed by atoms with Crippen LogP contribution in [0.5, 0.6) is 0 Å². The van der Waals surface area contributed by atoms with Crippen LogP contribution in [-0.2, 0) is 4.79 Å². The van der Waals surface area contributed by atoms with E-state index < -0.39 is 0 Å². The summed E-state index contributed by atoms with van der Waals surface area (Å²) in [6.45, 7) is 5.52. The van der Waals surface area contributed by atoms with Crippen LogP contribution in [0.4, 0.5) is 5.82 Å². The number of fused-ring (bicyclic) bond motifs is 1. The van der Waals surface area contributed by atoms with E-state index in [1.165, 1.54) is 0 Å². The lowest BCUT2D eigenvalue weighted by atomic mass is 9.96. The Hall–Kier alpha value is -2.48. The number of H-pyrrole nitrogens is 1. The normalized spacial score (nSPS) is 20.2. The van der Waals surface area contributed by atoms with Gasteiger partial charge in [-0.05, 0) is 44.7 Å². The monoisotopic (exact) mass is 396 g/mol. The van der Waals surface area contributed by atoms with Gasteiger partial charge < -0.3 is 14.8 Å². The van der Waals surface area contributed by atoms with E-state index in [2.05, 4.69) is 19.9 Å². The molecule has 1 N–H and O–H groups in total. The summed E-state index contributed by atoms with van der Waals surface area (Å²) in [7, 11) is 0. The third-order valence-electron chi connectivity index (χ3n) is 5.66. The molecule has 2 fully saturated rings. The van der Waals surface area contributed by atoms with Crippen molar-refractivity contribution < 1.29 is 4.79 Å². The molecule has 1 unspecified atom stereocenters. The zero-order valence-corrected chi connectivity index (χ0v) is 16.8. The van der Waals surface area contributed by atoms with E-state index >= 15 is 0 Å². The molecule has 0 radical (unpaired) electrons. The van der Waals surface area contributed by atoms with Gasteiger partial charge in [0.05, 0.1) is 5.92 Å². The standard InChI is InChI=1S/C20H24N6OS/c1-13-12-28-19(21-13)18-22-15-6-7-16(23-17(15)24-18)26-10-4-5-14(11-26)20(27)25-8-2-3-9-25/h6-7,12,14H,2-5,8-11H2,1H3,(H,22,23,24). The van der Waals surface area contributed by atoms with Crippen LogP contribution in [0.2, 0.25) is 0 Å². The van der Waals surface area contributed by atoms with Crippen LogP contribution in [0.25, 0.3) is 22.0 Å². The maximum Gasteiger partial charge on any atom is 0.227 e. The Balaban J connectivity index is 1.37. The molecular weight excluding hydrogens is 372 g/mol. The van der Waals surface area contributed by atoms with Crippen molar-refractivity contribution in [2.45, 2.75) is 32.6 Å². The molecule has 3 aromatic heterocycles. The number of aryl methyl sites for hydroxylation is 1. The number of imidazole rings is 1. The molecule has 7 nitrogen and oxygen atoms in total. The maximum atomic E-state index is 12.8. The van der Waals surface area contributed by atoms with Crippen LogP contribution in [0.15, 0.2) is 17.5 Å². The number of likely N-dealkylation sites (tertiary alicyclic amines) is 1. The third-order valence-corrected chi connectivity index (χ3v) is 6.63. The Labute approximate surface area is 167 Å². The van der Waals surface area contributed by atoms with E-state index in [1.54, 1.807) is 11.3 Å². The number of thiazole rings is 1. The molecule has 0 aliphatic carbocycles. The quantitative estimate of drug-likeness (QED) is 0.735. The van der Waals surface area contributed by atoms with Crippen LogP contribution < -0.4 is 4.90 Å². The van der Waals surface area contributed by atoms with Gasteiger partial charge in [-0.15, -0.1) is 11.3 Å². The van der Waals surface area contributed by atoms with E-state index in [4.69, 9.17) is 4.98 Å². The summed E-state index contributed by atoms with van der Waals surface area (Å²) in [4.78, 5) is 34.3. The molecule has 5 rings (SSSR count). The number of piperidine rings is 1. The summed E-state index contributed by atoms with van der Waals surface area (Å²) in [6.07, 6.45) is 4.28. The van der Waals surface area contributed by atoms with E-state index in [-0.39, 0.29) is 5.92 Å². The minimum Gasteiger partial charge on any atom is -0.356 e.